The second-order valence-corrected chi connectivity index (χ2v) is 6.60. The van der Waals surface area contributed by atoms with Crippen LogP contribution < -0.4 is 5.32 Å². The van der Waals surface area contributed by atoms with Gasteiger partial charge in [-0.1, -0.05) is 0 Å². The fourth-order valence-electron chi connectivity index (χ4n) is 3.12. The predicted molar refractivity (Wildman–Crippen MR) is 96.5 cm³/mol. The standard InChI is InChI=1S/C20H22FN3O2/c21-18-3-1-16(2-4-18)19(25)14-24-11-7-15(8-12-24)13-23-20(26)17-5-9-22-10-6-17/h1-6,9-10,15H,7-8,11-14H2,(H,23,26). The Morgan fingerprint density at radius 1 is 1.04 bits per heavy atom. The summed E-state index contributed by atoms with van der Waals surface area (Å²) in [7, 11) is 0. The molecule has 1 amide bonds. The quantitative estimate of drug-likeness (QED) is 0.809. The highest BCUT2D eigenvalue weighted by molar-refractivity contribution is 5.97. The van der Waals surface area contributed by atoms with Crippen LogP contribution in [0.5, 0.6) is 0 Å². The molecule has 6 heteroatoms. The third-order valence-corrected chi connectivity index (χ3v) is 4.73. The number of benzene rings is 1. The van der Waals surface area contributed by atoms with Gasteiger partial charge in [0.25, 0.3) is 5.91 Å². The Balaban J connectivity index is 1.41. The molecule has 26 heavy (non-hydrogen) atoms. The van der Waals surface area contributed by atoms with Crippen molar-refractivity contribution in [1.29, 1.82) is 0 Å². The third-order valence-electron chi connectivity index (χ3n) is 4.73. The second-order valence-electron chi connectivity index (χ2n) is 6.60. The average Bonchev–Trinajstić information content (AvgIpc) is 2.68. The van der Waals surface area contributed by atoms with Gasteiger partial charge in [0.1, 0.15) is 5.82 Å². The molecule has 0 atom stereocenters. The van der Waals surface area contributed by atoms with Gasteiger partial charge < -0.3 is 5.32 Å². The van der Waals surface area contributed by atoms with Gasteiger partial charge in [-0.25, -0.2) is 4.39 Å². The SMILES string of the molecule is O=C(CN1CCC(CNC(=O)c2ccncc2)CC1)c1ccc(F)cc1. The van der Waals surface area contributed by atoms with Crippen LogP contribution in [0.1, 0.15) is 33.6 Å². The van der Waals surface area contributed by atoms with Crippen molar-refractivity contribution >= 4 is 11.7 Å². The van der Waals surface area contributed by atoms with Crippen molar-refractivity contribution in [3.8, 4) is 0 Å². The number of halogens is 1. The van der Waals surface area contributed by atoms with Crippen LogP contribution in [0.4, 0.5) is 4.39 Å². The van der Waals surface area contributed by atoms with Crippen molar-refractivity contribution in [3.63, 3.8) is 0 Å². The molecular weight excluding hydrogens is 333 g/mol. The number of rotatable bonds is 6. The van der Waals surface area contributed by atoms with E-state index in [9.17, 15) is 14.0 Å². The zero-order valence-corrected chi connectivity index (χ0v) is 14.5. The lowest BCUT2D eigenvalue weighted by Crippen LogP contribution is -2.40. The minimum Gasteiger partial charge on any atom is -0.352 e. The molecule has 2 heterocycles. The van der Waals surface area contributed by atoms with Crippen molar-refractivity contribution in [2.75, 3.05) is 26.2 Å². The van der Waals surface area contributed by atoms with E-state index in [2.05, 4.69) is 15.2 Å². The Bertz CT molecular complexity index is 741. The van der Waals surface area contributed by atoms with E-state index >= 15 is 0 Å². The summed E-state index contributed by atoms with van der Waals surface area (Å²) in [5, 5.41) is 2.97. The first kappa shape index (κ1) is 18.2. The summed E-state index contributed by atoms with van der Waals surface area (Å²) in [5.41, 5.74) is 1.15. The molecule has 1 aromatic heterocycles. The lowest BCUT2D eigenvalue weighted by Gasteiger charge is -2.31. The van der Waals surface area contributed by atoms with E-state index in [0.29, 0.717) is 30.1 Å². The fourth-order valence-corrected chi connectivity index (χ4v) is 3.12. The highest BCUT2D eigenvalue weighted by atomic mass is 19.1. The number of nitrogens with one attached hydrogen (secondary N) is 1. The molecule has 5 nitrogen and oxygen atoms in total. The molecule has 1 N–H and O–H groups in total. The first-order chi connectivity index (χ1) is 12.6. The van der Waals surface area contributed by atoms with Crippen molar-refractivity contribution in [2.45, 2.75) is 12.8 Å². The van der Waals surface area contributed by atoms with Crippen molar-refractivity contribution in [1.82, 2.24) is 15.2 Å². The topological polar surface area (TPSA) is 62.3 Å². The van der Waals surface area contributed by atoms with Crippen LogP contribution >= 0.6 is 0 Å². The van der Waals surface area contributed by atoms with Crippen LogP contribution in [-0.4, -0.2) is 47.8 Å². The van der Waals surface area contributed by atoms with Gasteiger partial charge in [0.05, 0.1) is 6.54 Å². The lowest BCUT2D eigenvalue weighted by molar-refractivity contribution is 0.0887. The highest BCUT2D eigenvalue weighted by Gasteiger charge is 2.22. The first-order valence-corrected chi connectivity index (χ1v) is 8.81. The summed E-state index contributed by atoms with van der Waals surface area (Å²) in [5.74, 6) is 0.00453. The highest BCUT2D eigenvalue weighted by Crippen LogP contribution is 2.17. The van der Waals surface area contributed by atoms with Crippen LogP contribution in [0.3, 0.4) is 0 Å². The van der Waals surface area contributed by atoms with Crippen LogP contribution in [0.15, 0.2) is 48.8 Å². The van der Waals surface area contributed by atoms with E-state index < -0.39 is 0 Å². The van der Waals surface area contributed by atoms with E-state index in [1.54, 1.807) is 24.5 Å². The number of aromatic nitrogens is 1. The molecule has 1 aromatic carbocycles. The molecule has 0 radical (unpaired) electrons. The largest absolute Gasteiger partial charge is 0.352 e. The van der Waals surface area contributed by atoms with Gasteiger partial charge in [0.2, 0.25) is 0 Å². The molecule has 0 aliphatic carbocycles. The third kappa shape index (κ3) is 4.95. The normalized spacial score (nSPS) is 15.6. The van der Waals surface area contributed by atoms with Crippen molar-refractivity contribution < 1.29 is 14.0 Å². The zero-order chi connectivity index (χ0) is 18.4. The zero-order valence-electron chi connectivity index (χ0n) is 14.5. The van der Waals surface area contributed by atoms with Crippen LogP contribution in [0, 0.1) is 11.7 Å². The molecule has 0 bridgehead atoms. The van der Waals surface area contributed by atoms with Crippen LogP contribution in [0.2, 0.25) is 0 Å². The molecule has 0 unspecified atom stereocenters. The van der Waals surface area contributed by atoms with E-state index in [4.69, 9.17) is 0 Å². The molecule has 1 saturated heterocycles. The van der Waals surface area contributed by atoms with Gasteiger partial charge in [-0.15, -0.1) is 0 Å². The molecule has 1 aliphatic rings. The number of amides is 1. The predicted octanol–water partition coefficient (Wildman–Crippen LogP) is 2.55. The molecule has 0 saturated carbocycles. The summed E-state index contributed by atoms with van der Waals surface area (Å²) < 4.78 is 12.9. The number of piperidine rings is 1. The Morgan fingerprint density at radius 2 is 1.69 bits per heavy atom. The van der Waals surface area contributed by atoms with Gasteiger partial charge in [0, 0.05) is 30.1 Å². The van der Waals surface area contributed by atoms with Crippen LogP contribution in [-0.2, 0) is 0 Å². The number of hydrogen-bond acceptors (Lipinski definition) is 4. The van der Waals surface area contributed by atoms with E-state index in [-0.39, 0.29) is 17.5 Å². The molecule has 2 aromatic rings. The average molecular weight is 355 g/mol. The number of hydrogen-bond donors (Lipinski definition) is 1. The molecular formula is C20H22FN3O2. The minimum atomic E-state index is -0.337. The maximum atomic E-state index is 12.9. The van der Waals surface area contributed by atoms with E-state index in [1.165, 1.54) is 24.3 Å². The summed E-state index contributed by atoms with van der Waals surface area (Å²) in [6.07, 6.45) is 5.08. The second kappa shape index (κ2) is 8.67. The number of carbonyl (C=O) groups is 2. The molecule has 1 aliphatic heterocycles. The number of Topliss-reactive ketones (excluding diaryl/α,β-unsaturated/α-hetero) is 1. The van der Waals surface area contributed by atoms with E-state index in [1.807, 2.05) is 0 Å². The smallest absolute Gasteiger partial charge is 0.251 e. The Labute approximate surface area is 152 Å². The van der Waals surface area contributed by atoms with Gasteiger partial charge in [-0.2, -0.15) is 0 Å². The summed E-state index contributed by atoms with van der Waals surface area (Å²) in [6, 6.07) is 9.06. The number of nitrogens with zero attached hydrogens (tertiary/aromatic N) is 2. The minimum absolute atomic E-state index is 0.00874. The Morgan fingerprint density at radius 3 is 2.35 bits per heavy atom. The Hall–Kier alpha value is -2.60. The van der Waals surface area contributed by atoms with Gasteiger partial charge in [-0.05, 0) is 68.2 Å². The van der Waals surface area contributed by atoms with Gasteiger partial charge in [-0.3, -0.25) is 19.5 Å². The number of ketones is 1. The summed E-state index contributed by atoms with van der Waals surface area (Å²) >= 11 is 0. The number of likely N-dealkylation sites (tertiary alicyclic amines) is 1. The van der Waals surface area contributed by atoms with Crippen molar-refractivity contribution in [2.24, 2.45) is 5.92 Å². The number of pyridine rings is 1. The molecule has 0 spiro atoms. The van der Waals surface area contributed by atoms with Gasteiger partial charge in [0.15, 0.2) is 5.78 Å². The lowest BCUT2D eigenvalue weighted by atomic mass is 9.96. The summed E-state index contributed by atoms with van der Waals surface area (Å²) in [4.78, 5) is 30.3. The monoisotopic (exact) mass is 355 g/mol. The maximum absolute atomic E-state index is 12.9. The fraction of sp³-hybridized carbons (Fsp3) is 0.350. The van der Waals surface area contributed by atoms with E-state index in [0.717, 1.165) is 25.9 Å². The molecule has 136 valence electrons. The molecule has 1 fully saturated rings. The van der Waals surface area contributed by atoms with Crippen molar-refractivity contribution in [3.05, 3.63) is 65.7 Å². The summed E-state index contributed by atoms with van der Waals surface area (Å²) in [6.45, 7) is 2.63. The van der Waals surface area contributed by atoms with Crippen LogP contribution in [0.25, 0.3) is 0 Å². The Kier molecular flexibility index (Phi) is 6.07. The first-order valence-electron chi connectivity index (χ1n) is 8.81. The van der Waals surface area contributed by atoms with Gasteiger partial charge >= 0.3 is 0 Å². The molecule has 3 rings (SSSR count). The number of carbonyl (C=O) groups excluding carboxylic acids is 2. The maximum Gasteiger partial charge on any atom is 0.251 e.